The maximum Gasteiger partial charge on any atom is 0.326 e. The first-order chi connectivity index (χ1) is 9.93. The molecule has 2 rings (SSSR count). The van der Waals surface area contributed by atoms with E-state index < -0.39 is 18.0 Å². The van der Waals surface area contributed by atoms with E-state index in [-0.39, 0.29) is 19.2 Å². The van der Waals surface area contributed by atoms with Crippen molar-refractivity contribution in [1.29, 1.82) is 0 Å². The van der Waals surface area contributed by atoms with Crippen LogP contribution in [0.3, 0.4) is 0 Å². The van der Waals surface area contributed by atoms with Gasteiger partial charge < -0.3 is 24.6 Å². The van der Waals surface area contributed by atoms with Gasteiger partial charge in [-0.1, -0.05) is 5.16 Å². The predicted octanol–water partition coefficient (Wildman–Crippen LogP) is 0.675. The van der Waals surface area contributed by atoms with Gasteiger partial charge in [0, 0.05) is 32.2 Å². The number of carboxylic acid groups (broad SMARTS) is 1. The van der Waals surface area contributed by atoms with Crippen molar-refractivity contribution in [3.8, 4) is 0 Å². The number of urea groups is 1. The number of carboxylic acids is 1. The van der Waals surface area contributed by atoms with Gasteiger partial charge in [-0.3, -0.25) is 0 Å². The summed E-state index contributed by atoms with van der Waals surface area (Å²) < 4.78 is 10.2. The number of nitrogens with one attached hydrogen (secondary N) is 1. The third-order valence-electron chi connectivity index (χ3n) is 3.74. The Morgan fingerprint density at radius 2 is 2.24 bits per heavy atom. The zero-order valence-corrected chi connectivity index (χ0v) is 12.3. The zero-order chi connectivity index (χ0) is 15.6. The van der Waals surface area contributed by atoms with Crippen LogP contribution in [0, 0.1) is 13.8 Å². The summed E-state index contributed by atoms with van der Waals surface area (Å²) in [6.07, 6.45) is 0.0424. The van der Waals surface area contributed by atoms with Crippen molar-refractivity contribution in [2.75, 3.05) is 13.7 Å². The highest BCUT2D eigenvalue weighted by Gasteiger charge is 2.39. The molecule has 8 heteroatoms. The molecule has 2 unspecified atom stereocenters. The molecule has 116 valence electrons. The number of ether oxygens (including phenoxy) is 1. The minimum atomic E-state index is -1.03. The molecule has 2 atom stereocenters. The fourth-order valence-corrected chi connectivity index (χ4v) is 2.45. The highest BCUT2D eigenvalue weighted by atomic mass is 16.5. The molecule has 1 aromatic heterocycles. The van der Waals surface area contributed by atoms with Crippen LogP contribution < -0.4 is 5.32 Å². The molecule has 0 bridgehead atoms. The first-order valence-corrected chi connectivity index (χ1v) is 6.65. The molecule has 1 saturated heterocycles. The number of carbonyl (C=O) groups excluding carboxylic acids is 1. The second kappa shape index (κ2) is 6.13. The molecule has 8 nitrogen and oxygen atoms in total. The molecule has 0 radical (unpaired) electrons. The van der Waals surface area contributed by atoms with E-state index in [1.54, 1.807) is 13.8 Å². The van der Waals surface area contributed by atoms with Crippen molar-refractivity contribution in [1.82, 2.24) is 15.4 Å². The number of methoxy groups -OCH3 is 1. The Bertz CT molecular complexity index is 522. The van der Waals surface area contributed by atoms with Crippen molar-refractivity contribution >= 4 is 12.0 Å². The lowest BCUT2D eigenvalue weighted by molar-refractivity contribution is -0.141. The van der Waals surface area contributed by atoms with Crippen molar-refractivity contribution in [3.63, 3.8) is 0 Å². The van der Waals surface area contributed by atoms with E-state index in [0.717, 1.165) is 5.56 Å². The second-order valence-corrected chi connectivity index (χ2v) is 5.06. The number of rotatable bonds is 4. The van der Waals surface area contributed by atoms with Crippen LogP contribution in [0.5, 0.6) is 0 Å². The number of carbonyl (C=O) groups is 2. The van der Waals surface area contributed by atoms with Crippen LogP contribution in [0.2, 0.25) is 0 Å². The van der Waals surface area contributed by atoms with Gasteiger partial charge in [-0.2, -0.15) is 0 Å². The summed E-state index contributed by atoms with van der Waals surface area (Å²) in [7, 11) is 1.51. The van der Waals surface area contributed by atoms with E-state index in [9.17, 15) is 14.7 Å². The van der Waals surface area contributed by atoms with Gasteiger partial charge in [0.1, 0.15) is 11.8 Å². The highest BCUT2D eigenvalue weighted by molar-refractivity contribution is 5.83. The van der Waals surface area contributed by atoms with E-state index in [4.69, 9.17) is 9.26 Å². The highest BCUT2D eigenvalue weighted by Crippen LogP contribution is 2.20. The number of likely N-dealkylation sites (tertiary alicyclic amines) is 1. The molecule has 2 amide bonds. The topological polar surface area (TPSA) is 105 Å². The quantitative estimate of drug-likeness (QED) is 0.846. The fraction of sp³-hybridized carbons (Fsp3) is 0.615. The average Bonchev–Trinajstić information content (AvgIpc) is 3.01. The normalized spacial score (nSPS) is 21.6. The maximum absolute atomic E-state index is 12.2. The second-order valence-electron chi connectivity index (χ2n) is 5.06. The van der Waals surface area contributed by atoms with Crippen LogP contribution in [0.25, 0.3) is 0 Å². The Morgan fingerprint density at radius 1 is 1.52 bits per heavy atom. The summed E-state index contributed by atoms with van der Waals surface area (Å²) >= 11 is 0. The number of hydrogen-bond acceptors (Lipinski definition) is 5. The molecule has 1 aliphatic rings. The van der Waals surface area contributed by atoms with Crippen molar-refractivity contribution in [3.05, 3.63) is 17.0 Å². The van der Waals surface area contributed by atoms with Crippen molar-refractivity contribution in [2.45, 2.75) is 39.0 Å². The van der Waals surface area contributed by atoms with Crippen LogP contribution in [-0.4, -0.2) is 53.0 Å². The van der Waals surface area contributed by atoms with Crippen LogP contribution in [0.15, 0.2) is 4.52 Å². The lowest BCUT2D eigenvalue weighted by Gasteiger charge is -2.21. The summed E-state index contributed by atoms with van der Waals surface area (Å²) in [6.45, 7) is 4.06. The monoisotopic (exact) mass is 297 g/mol. The Kier molecular flexibility index (Phi) is 4.46. The third-order valence-corrected chi connectivity index (χ3v) is 3.74. The summed E-state index contributed by atoms with van der Waals surface area (Å²) in [5, 5.41) is 15.7. The molecule has 1 aromatic rings. The van der Waals surface area contributed by atoms with Crippen molar-refractivity contribution < 1.29 is 24.0 Å². The van der Waals surface area contributed by atoms with Crippen LogP contribution in [0.1, 0.15) is 23.4 Å². The smallest absolute Gasteiger partial charge is 0.326 e. The van der Waals surface area contributed by atoms with Gasteiger partial charge in [-0.05, 0) is 13.8 Å². The number of nitrogens with zero attached hydrogens (tertiary/aromatic N) is 2. The van der Waals surface area contributed by atoms with Gasteiger partial charge >= 0.3 is 12.0 Å². The first-order valence-electron chi connectivity index (χ1n) is 6.65. The average molecular weight is 297 g/mol. The largest absolute Gasteiger partial charge is 0.480 e. The number of aromatic nitrogens is 1. The van der Waals surface area contributed by atoms with Crippen LogP contribution in [0.4, 0.5) is 4.79 Å². The van der Waals surface area contributed by atoms with E-state index >= 15 is 0 Å². The molecule has 1 aliphatic heterocycles. The van der Waals surface area contributed by atoms with E-state index in [1.165, 1.54) is 12.0 Å². The molecule has 2 N–H and O–H groups in total. The number of amides is 2. The lowest BCUT2D eigenvalue weighted by Crippen LogP contribution is -2.46. The molecule has 0 aliphatic carbocycles. The summed E-state index contributed by atoms with van der Waals surface area (Å²) in [4.78, 5) is 24.7. The Balaban J connectivity index is 2.00. The number of aliphatic carboxylic acids is 1. The molecule has 0 aromatic carbocycles. The van der Waals surface area contributed by atoms with E-state index in [2.05, 4.69) is 10.5 Å². The van der Waals surface area contributed by atoms with Crippen molar-refractivity contribution in [2.24, 2.45) is 0 Å². The molecular formula is C13H19N3O5. The summed E-state index contributed by atoms with van der Waals surface area (Å²) in [6, 6.07) is -1.29. The summed E-state index contributed by atoms with van der Waals surface area (Å²) in [5.41, 5.74) is 1.51. The fourth-order valence-electron chi connectivity index (χ4n) is 2.45. The number of aryl methyl sites for hydroxylation is 2. The predicted molar refractivity (Wildman–Crippen MR) is 71.8 cm³/mol. The van der Waals surface area contributed by atoms with Gasteiger partial charge in [-0.15, -0.1) is 0 Å². The maximum atomic E-state index is 12.2. The first kappa shape index (κ1) is 15.3. The molecule has 1 fully saturated rings. The Hall–Kier alpha value is -2.09. The third kappa shape index (κ3) is 3.15. The lowest BCUT2D eigenvalue weighted by atomic mass is 10.2. The van der Waals surface area contributed by atoms with Gasteiger partial charge in [0.15, 0.2) is 0 Å². The number of hydrogen-bond donors (Lipinski definition) is 2. The standard InChI is InChI=1S/C13H19N3O5/c1-7-10(8(2)21-15-7)5-14-13(19)16-6-9(20-3)4-11(16)12(17)18/h9,11H,4-6H2,1-3H3,(H,14,19)(H,17,18). The van der Waals surface area contributed by atoms with Gasteiger partial charge in [-0.25, -0.2) is 9.59 Å². The Morgan fingerprint density at radius 3 is 2.76 bits per heavy atom. The molecule has 21 heavy (non-hydrogen) atoms. The minimum absolute atomic E-state index is 0.250. The van der Waals surface area contributed by atoms with Gasteiger partial charge in [0.25, 0.3) is 0 Å². The van der Waals surface area contributed by atoms with Crippen LogP contribution >= 0.6 is 0 Å². The van der Waals surface area contributed by atoms with E-state index in [0.29, 0.717) is 17.9 Å². The van der Waals surface area contributed by atoms with Crippen LogP contribution in [-0.2, 0) is 16.1 Å². The molecular weight excluding hydrogens is 278 g/mol. The zero-order valence-electron chi connectivity index (χ0n) is 12.3. The van der Waals surface area contributed by atoms with E-state index in [1.807, 2.05) is 0 Å². The Labute approximate surface area is 122 Å². The molecule has 0 spiro atoms. The molecule has 2 heterocycles. The SMILES string of the molecule is COC1CC(C(=O)O)N(C(=O)NCc2c(C)noc2C)C1. The molecule has 0 saturated carbocycles. The van der Waals surface area contributed by atoms with Gasteiger partial charge in [0.05, 0.1) is 11.8 Å². The minimum Gasteiger partial charge on any atom is -0.480 e. The summed E-state index contributed by atoms with van der Waals surface area (Å²) in [5.74, 6) is -0.388. The van der Waals surface area contributed by atoms with Gasteiger partial charge in [0.2, 0.25) is 0 Å².